The predicted octanol–water partition coefficient (Wildman–Crippen LogP) is -0.520. The lowest BCUT2D eigenvalue weighted by Crippen LogP contribution is -2.27. The lowest BCUT2D eigenvalue weighted by atomic mass is 10.4. The van der Waals surface area contributed by atoms with E-state index in [0.29, 0.717) is 5.76 Å². The quantitative estimate of drug-likeness (QED) is 0.505. The molecule has 1 saturated heterocycles. The number of fused-ring (bicyclic) bond motifs is 1. The van der Waals surface area contributed by atoms with Crippen LogP contribution in [0, 0.1) is 0 Å². The second-order valence-corrected chi connectivity index (χ2v) is 3.76. The molecule has 11 heavy (non-hydrogen) atoms. The van der Waals surface area contributed by atoms with Crippen molar-refractivity contribution in [2.45, 2.75) is 19.3 Å². The van der Waals surface area contributed by atoms with Crippen LogP contribution in [0.1, 0.15) is 6.92 Å². The first-order valence-electron chi connectivity index (χ1n) is 3.12. The van der Waals surface area contributed by atoms with E-state index in [2.05, 4.69) is 8.91 Å². The Balaban J connectivity index is 2.30. The van der Waals surface area contributed by atoms with E-state index >= 15 is 0 Å². The van der Waals surface area contributed by atoms with E-state index in [0.717, 1.165) is 0 Å². The molecule has 2 aliphatic heterocycles. The molecule has 0 radical (unpaired) electrons. The van der Waals surface area contributed by atoms with Gasteiger partial charge < -0.3 is 8.92 Å². The van der Waals surface area contributed by atoms with Crippen LogP contribution in [0.15, 0.2) is 11.8 Å². The van der Waals surface area contributed by atoms with Crippen LogP contribution in [-0.4, -0.2) is 20.7 Å². The van der Waals surface area contributed by atoms with Gasteiger partial charge in [-0.2, -0.15) is 13.1 Å². The normalized spacial score (nSPS) is 39.5. The number of ether oxygens (including phenoxy) is 1. The van der Waals surface area contributed by atoms with E-state index < -0.39 is 16.5 Å². The highest BCUT2D eigenvalue weighted by molar-refractivity contribution is 7.84. The van der Waals surface area contributed by atoms with Gasteiger partial charge in [0.25, 0.3) is 0 Å². The standard InChI is InChI=1S/C5H7NO4S/c1-3-2-4-5(9-4)6-11(7,8)10-3/h2,4-6H,1H3. The van der Waals surface area contributed by atoms with E-state index in [4.69, 9.17) is 4.74 Å². The third-order valence-corrected chi connectivity index (χ3v) is 2.43. The molecule has 2 unspecified atom stereocenters. The molecule has 2 atom stereocenters. The Labute approximate surface area is 64.2 Å². The van der Waals surface area contributed by atoms with Crippen molar-refractivity contribution in [1.29, 1.82) is 0 Å². The van der Waals surface area contributed by atoms with Crippen molar-refractivity contribution in [3.63, 3.8) is 0 Å². The molecule has 0 bridgehead atoms. The third kappa shape index (κ3) is 1.37. The molecule has 62 valence electrons. The molecule has 0 saturated carbocycles. The second-order valence-electron chi connectivity index (χ2n) is 2.45. The van der Waals surface area contributed by atoms with E-state index in [9.17, 15) is 8.42 Å². The van der Waals surface area contributed by atoms with E-state index in [1.165, 1.54) is 0 Å². The topological polar surface area (TPSA) is 67.9 Å². The van der Waals surface area contributed by atoms with Crippen molar-refractivity contribution in [2.75, 3.05) is 0 Å². The zero-order valence-electron chi connectivity index (χ0n) is 5.77. The summed E-state index contributed by atoms with van der Waals surface area (Å²) in [6.45, 7) is 1.57. The molecule has 0 aromatic heterocycles. The van der Waals surface area contributed by atoms with Crippen molar-refractivity contribution < 1.29 is 17.3 Å². The smallest absolute Gasteiger partial charge is 0.376 e. The van der Waals surface area contributed by atoms with Gasteiger partial charge in [-0.05, 0) is 13.0 Å². The van der Waals surface area contributed by atoms with Crippen LogP contribution in [0.4, 0.5) is 0 Å². The lowest BCUT2D eigenvalue weighted by molar-refractivity contribution is 0.340. The van der Waals surface area contributed by atoms with Crippen molar-refractivity contribution in [3.8, 4) is 0 Å². The Bertz CT molecular complexity index is 306. The van der Waals surface area contributed by atoms with Crippen LogP contribution >= 0.6 is 0 Å². The van der Waals surface area contributed by atoms with Gasteiger partial charge in [-0.25, -0.2) is 0 Å². The Hall–Kier alpha value is -0.590. The van der Waals surface area contributed by atoms with E-state index in [1.54, 1.807) is 13.0 Å². The van der Waals surface area contributed by atoms with Crippen LogP contribution in [0.3, 0.4) is 0 Å². The van der Waals surface area contributed by atoms with Crippen LogP contribution in [-0.2, 0) is 19.2 Å². The zero-order valence-corrected chi connectivity index (χ0v) is 6.59. The maximum Gasteiger partial charge on any atom is 0.384 e. The highest BCUT2D eigenvalue weighted by Crippen LogP contribution is 2.26. The molecule has 0 aliphatic carbocycles. The van der Waals surface area contributed by atoms with Gasteiger partial charge >= 0.3 is 10.3 Å². The minimum atomic E-state index is -3.62. The summed E-state index contributed by atoms with van der Waals surface area (Å²) in [5.74, 6) is 0.350. The average molecular weight is 177 g/mol. The fourth-order valence-electron chi connectivity index (χ4n) is 0.944. The number of epoxide rings is 1. The van der Waals surface area contributed by atoms with Crippen molar-refractivity contribution >= 4 is 10.3 Å². The Morgan fingerprint density at radius 3 is 3.09 bits per heavy atom. The summed E-state index contributed by atoms with van der Waals surface area (Å²) < 4.78 is 33.4. The van der Waals surface area contributed by atoms with Gasteiger partial charge in [-0.3, -0.25) is 0 Å². The summed E-state index contributed by atoms with van der Waals surface area (Å²) in [5.41, 5.74) is 0. The van der Waals surface area contributed by atoms with Crippen LogP contribution < -0.4 is 4.72 Å². The fraction of sp³-hybridized carbons (Fsp3) is 0.600. The summed E-state index contributed by atoms with van der Waals surface area (Å²) in [7, 11) is -3.62. The zero-order chi connectivity index (χ0) is 8.06. The molecule has 0 aromatic rings. The lowest BCUT2D eigenvalue weighted by Gasteiger charge is -2.03. The molecule has 2 heterocycles. The van der Waals surface area contributed by atoms with E-state index in [-0.39, 0.29) is 6.10 Å². The van der Waals surface area contributed by atoms with Crippen LogP contribution in [0.5, 0.6) is 0 Å². The van der Waals surface area contributed by atoms with Gasteiger partial charge in [0.05, 0.1) is 0 Å². The molecule has 1 fully saturated rings. The number of rotatable bonds is 0. The maximum absolute atomic E-state index is 10.9. The molecule has 0 spiro atoms. The first-order chi connectivity index (χ1) is 5.07. The van der Waals surface area contributed by atoms with Crippen molar-refractivity contribution in [2.24, 2.45) is 0 Å². The number of hydrogen-bond donors (Lipinski definition) is 1. The maximum atomic E-state index is 10.9. The van der Waals surface area contributed by atoms with Crippen LogP contribution in [0.2, 0.25) is 0 Å². The van der Waals surface area contributed by atoms with E-state index in [1.807, 2.05) is 0 Å². The van der Waals surface area contributed by atoms with Crippen LogP contribution in [0.25, 0.3) is 0 Å². The Morgan fingerprint density at radius 2 is 2.36 bits per heavy atom. The summed E-state index contributed by atoms with van der Waals surface area (Å²) in [6, 6.07) is 0. The van der Waals surface area contributed by atoms with Gasteiger partial charge in [-0.1, -0.05) is 0 Å². The van der Waals surface area contributed by atoms with Gasteiger partial charge in [0, 0.05) is 0 Å². The van der Waals surface area contributed by atoms with Gasteiger partial charge in [0.1, 0.15) is 11.9 Å². The summed E-state index contributed by atoms with van der Waals surface area (Å²) >= 11 is 0. The molecule has 0 aromatic carbocycles. The highest BCUT2D eigenvalue weighted by Gasteiger charge is 2.43. The van der Waals surface area contributed by atoms with Gasteiger partial charge in [0.2, 0.25) is 0 Å². The molecule has 0 amide bonds. The first-order valence-corrected chi connectivity index (χ1v) is 4.53. The minimum absolute atomic E-state index is 0.146. The number of nitrogens with one attached hydrogen (secondary N) is 1. The molecule has 1 N–H and O–H groups in total. The minimum Gasteiger partial charge on any atom is -0.376 e. The SMILES string of the molecule is CC1=CC2OC2NS(=O)(=O)O1. The molecule has 6 heteroatoms. The Morgan fingerprint density at radius 1 is 1.64 bits per heavy atom. The third-order valence-electron chi connectivity index (χ3n) is 1.43. The summed E-state index contributed by atoms with van der Waals surface area (Å²) in [6.07, 6.45) is 1.06. The Kier molecular flexibility index (Phi) is 1.26. The molecule has 2 aliphatic rings. The monoisotopic (exact) mass is 177 g/mol. The van der Waals surface area contributed by atoms with Gasteiger partial charge in [0.15, 0.2) is 6.23 Å². The summed E-state index contributed by atoms with van der Waals surface area (Å²) in [5, 5.41) is 0. The molecular formula is C5H7NO4S. The largest absolute Gasteiger partial charge is 0.384 e. The average Bonchev–Trinajstić information content (AvgIpc) is 2.40. The fourth-order valence-corrected chi connectivity index (χ4v) is 1.87. The molecular weight excluding hydrogens is 170 g/mol. The summed E-state index contributed by atoms with van der Waals surface area (Å²) in [4.78, 5) is 0. The van der Waals surface area contributed by atoms with Crippen molar-refractivity contribution in [1.82, 2.24) is 4.72 Å². The first kappa shape index (κ1) is 7.08. The molecule has 2 rings (SSSR count). The number of allylic oxidation sites excluding steroid dienone is 1. The number of hydrogen-bond acceptors (Lipinski definition) is 4. The predicted molar refractivity (Wildman–Crippen MR) is 35.6 cm³/mol. The van der Waals surface area contributed by atoms with Gasteiger partial charge in [-0.15, -0.1) is 0 Å². The van der Waals surface area contributed by atoms with Crippen molar-refractivity contribution in [3.05, 3.63) is 11.8 Å². The second kappa shape index (κ2) is 1.96. The molecule has 5 nitrogen and oxygen atoms in total. The highest BCUT2D eigenvalue weighted by atomic mass is 32.2.